The van der Waals surface area contributed by atoms with Crippen molar-refractivity contribution in [2.75, 3.05) is 13.6 Å². The monoisotopic (exact) mass is 302 g/mol. The van der Waals surface area contributed by atoms with E-state index in [0.717, 1.165) is 4.88 Å². The number of amides is 1. The van der Waals surface area contributed by atoms with Crippen molar-refractivity contribution in [3.8, 4) is 11.8 Å². The quantitative estimate of drug-likeness (QED) is 0.872. The highest BCUT2D eigenvalue weighted by atomic mass is 32.1. The lowest BCUT2D eigenvalue weighted by molar-refractivity contribution is -0.132. The Morgan fingerprint density at radius 1 is 1.43 bits per heavy atom. The molecular weight excluding hydrogens is 280 g/mol. The van der Waals surface area contributed by atoms with Crippen LogP contribution in [-0.2, 0) is 11.3 Å². The van der Waals surface area contributed by atoms with Crippen LogP contribution in [0.15, 0.2) is 11.4 Å². The van der Waals surface area contributed by atoms with Crippen LogP contribution >= 0.6 is 11.3 Å². The minimum Gasteiger partial charge on any atom is -0.341 e. The van der Waals surface area contributed by atoms with Gasteiger partial charge in [-0.05, 0) is 41.7 Å². The van der Waals surface area contributed by atoms with Crippen LogP contribution in [0.3, 0.4) is 0 Å². The summed E-state index contributed by atoms with van der Waals surface area (Å²) in [6, 6.07) is 2.07. The molecule has 3 rings (SSSR count). The maximum atomic E-state index is 12.5. The zero-order chi connectivity index (χ0) is 14.8. The predicted octanol–water partition coefficient (Wildman–Crippen LogP) is 2.45. The molecule has 1 heterocycles. The summed E-state index contributed by atoms with van der Waals surface area (Å²) in [6.07, 6.45) is 5.13. The molecule has 2 N–H and O–H groups in total. The fraction of sp³-hybridized carbons (Fsp3) is 0.588. The van der Waals surface area contributed by atoms with Crippen molar-refractivity contribution >= 4 is 17.2 Å². The third-order valence-electron chi connectivity index (χ3n) is 4.71. The minimum atomic E-state index is 0.313. The molecule has 1 aromatic heterocycles. The zero-order valence-electron chi connectivity index (χ0n) is 12.5. The van der Waals surface area contributed by atoms with Crippen molar-refractivity contribution in [3.05, 3.63) is 21.9 Å². The molecule has 0 aromatic carbocycles. The van der Waals surface area contributed by atoms with E-state index in [1.165, 1.54) is 31.2 Å². The van der Waals surface area contributed by atoms with E-state index in [4.69, 9.17) is 5.73 Å². The molecule has 1 aromatic rings. The van der Waals surface area contributed by atoms with Gasteiger partial charge in [0.15, 0.2) is 0 Å². The molecular formula is C17H22N2OS. The number of carbonyl (C=O) groups is 1. The lowest BCUT2D eigenvalue weighted by atomic mass is 10.0. The van der Waals surface area contributed by atoms with Gasteiger partial charge in [-0.1, -0.05) is 24.7 Å². The number of fused-ring (bicyclic) bond motifs is 1. The lowest BCUT2D eigenvalue weighted by Gasteiger charge is -2.16. The molecule has 2 fully saturated rings. The van der Waals surface area contributed by atoms with Crippen LogP contribution in [0.25, 0.3) is 0 Å². The van der Waals surface area contributed by atoms with Crippen LogP contribution in [0.4, 0.5) is 0 Å². The number of hydrogen-bond acceptors (Lipinski definition) is 3. The summed E-state index contributed by atoms with van der Waals surface area (Å²) >= 11 is 1.62. The maximum absolute atomic E-state index is 12.5. The number of nitrogens with two attached hydrogens (primary N) is 1. The van der Waals surface area contributed by atoms with Crippen LogP contribution in [0.5, 0.6) is 0 Å². The molecule has 0 radical (unpaired) electrons. The highest BCUT2D eigenvalue weighted by Gasteiger charge is 2.55. The normalized spacial score (nSPS) is 26.5. The summed E-state index contributed by atoms with van der Waals surface area (Å²) in [6.45, 7) is 1.08. The largest absolute Gasteiger partial charge is 0.341 e. The highest BCUT2D eigenvalue weighted by molar-refractivity contribution is 7.10. The first-order chi connectivity index (χ1) is 10.2. The number of rotatable bonds is 3. The highest BCUT2D eigenvalue weighted by Crippen LogP contribution is 2.56. The van der Waals surface area contributed by atoms with E-state index in [9.17, 15) is 4.79 Å². The third kappa shape index (κ3) is 3.14. The van der Waals surface area contributed by atoms with Crippen LogP contribution in [0.2, 0.25) is 0 Å². The van der Waals surface area contributed by atoms with Gasteiger partial charge in [-0.25, -0.2) is 0 Å². The van der Waals surface area contributed by atoms with Crippen molar-refractivity contribution < 1.29 is 4.79 Å². The maximum Gasteiger partial charge on any atom is 0.226 e. The van der Waals surface area contributed by atoms with E-state index in [1.54, 1.807) is 11.3 Å². The molecule has 2 aliphatic rings. The Morgan fingerprint density at radius 3 is 2.81 bits per heavy atom. The number of thiophene rings is 1. The number of carbonyl (C=O) groups excluding carboxylic acids is 1. The molecule has 2 unspecified atom stereocenters. The van der Waals surface area contributed by atoms with Gasteiger partial charge in [-0.2, -0.15) is 0 Å². The smallest absolute Gasteiger partial charge is 0.226 e. The van der Waals surface area contributed by atoms with E-state index in [0.29, 0.717) is 36.8 Å². The first-order valence-corrected chi connectivity index (χ1v) is 8.60. The molecule has 3 nitrogen and oxygen atoms in total. The van der Waals surface area contributed by atoms with Gasteiger partial charge in [0.05, 0.1) is 11.4 Å². The molecule has 2 saturated carbocycles. The Balaban J connectivity index is 1.57. The van der Waals surface area contributed by atoms with Crippen LogP contribution in [0.1, 0.15) is 36.1 Å². The summed E-state index contributed by atoms with van der Waals surface area (Å²) in [4.78, 5) is 15.5. The Bertz CT molecular complexity index is 571. The second-order valence-corrected chi connectivity index (χ2v) is 7.07. The van der Waals surface area contributed by atoms with Gasteiger partial charge in [0.2, 0.25) is 5.91 Å². The van der Waals surface area contributed by atoms with Gasteiger partial charge < -0.3 is 10.6 Å². The topological polar surface area (TPSA) is 46.3 Å². The van der Waals surface area contributed by atoms with Crippen molar-refractivity contribution in [2.45, 2.75) is 32.2 Å². The van der Waals surface area contributed by atoms with Gasteiger partial charge >= 0.3 is 0 Å². The molecule has 0 bridgehead atoms. The predicted molar refractivity (Wildman–Crippen MR) is 85.7 cm³/mol. The SMILES string of the molecule is CN(Cc1csc(C#CCN)c1)C(=O)C1C2CCCCC21. The fourth-order valence-electron chi connectivity index (χ4n) is 3.63. The van der Waals surface area contributed by atoms with Gasteiger partial charge in [-0.15, -0.1) is 11.3 Å². The summed E-state index contributed by atoms with van der Waals surface area (Å²) in [5, 5.41) is 2.09. The second kappa shape index (κ2) is 6.21. The summed E-state index contributed by atoms with van der Waals surface area (Å²) < 4.78 is 0. The van der Waals surface area contributed by atoms with Crippen molar-refractivity contribution in [3.63, 3.8) is 0 Å². The average molecular weight is 302 g/mol. The molecule has 1 amide bonds. The summed E-state index contributed by atoms with van der Waals surface area (Å²) in [5.74, 6) is 7.92. The molecule has 4 heteroatoms. The van der Waals surface area contributed by atoms with Gasteiger partial charge in [0.25, 0.3) is 0 Å². The Hall–Kier alpha value is -1.31. The average Bonchev–Trinajstić information content (AvgIpc) is 3.06. The first-order valence-electron chi connectivity index (χ1n) is 7.72. The van der Waals surface area contributed by atoms with Gasteiger partial charge in [0, 0.05) is 19.5 Å². The van der Waals surface area contributed by atoms with Crippen LogP contribution < -0.4 is 5.73 Å². The molecule has 0 saturated heterocycles. The van der Waals surface area contributed by atoms with E-state index >= 15 is 0 Å². The second-order valence-electron chi connectivity index (χ2n) is 6.16. The number of nitrogens with zero attached hydrogens (tertiary/aromatic N) is 1. The first kappa shape index (κ1) is 14.6. The summed E-state index contributed by atoms with van der Waals surface area (Å²) in [5.41, 5.74) is 6.55. The molecule has 0 aliphatic heterocycles. The Morgan fingerprint density at radius 2 is 2.14 bits per heavy atom. The minimum absolute atomic E-state index is 0.313. The molecule has 2 aliphatic carbocycles. The van der Waals surface area contributed by atoms with Crippen molar-refractivity contribution in [2.24, 2.45) is 23.5 Å². The van der Waals surface area contributed by atoms with Crippen LogP contribution in [0, 0.1) is 29.6 Å². The zero-order valence-corrected chi connectivity index (χ0v) is 13.3. The van der Waals surface area contributed by atoms with E-state index in [1.807, 2.05) is 11.9 Å². The molecule has 112 valence electrons. The lowest BCUT2D eigenvalue weighted by Crippen LogP contribution is -2.28. The molecule has 2 atom stereocenters. The van der Waals surface area contributed by atoms with Crippen molar-refractivity contribution in [1.82, 2.24) is 4.90 Å². The van der Waals surface area contributed by atoms with Gasteiger partial charge in [0.1, 0.15) is 0 Å². The molecule has 21 heavy (non-hydrogen) atoms. The van der Waals surface area contributed by atoms with Gasteiger partial charge in [-0.3, -0.25) is 4.79 Å². The standard InChI is InChI=1S/C17H22N2OS/c1-19(10-12-9-13(21-11-12)5-4-8-18)17(20)16-14-6-2-3-7-15(14)16/h9,11,14-16H,2-3,6-8,10,18H2,1H3. The van der Waals surface area contributed by atoms with E-state index in [2.05, 4.69) is 23.3 Å². The Labute approximate surface area is 130 Å². The van der Waals surface area contributed by atoms with Crippen LogP contribution in [-0.4, -0.2) is 24.4 Å². The number of hydrogen-bond donors (Lipinski definition) is 1. The Kier molecular flexibility index (Phi) is 4.32. The van der Waals surface area contributed by atoms with E-state index in [-0.39, 0.29) is 0 Å². The third-order valence-corrected chi connectivity index (χ3v) is 5.60. The molecule has 0 spiro atoms. The van der Waals surface area contributed by atoms with E-state index < -0.39 is 0 Å². The fourth-order valence-corrected chi connectivity index (χ4v) is 4.40. The van der Waals surface area contributed by atoms with Crippen molar-refractivity contribution in [1.29, 1.82) is 0 Å². The summed E-state index contributed by atoms with van der Waals surface area (Å²) in [7, 11) is 1.93.